The number of thiophene rings is 1. The van der Waals surface area contributed by atoms with Crippen molar-refractivity contribution in [3.05, 3.63) is 130 Å². The predicted octanol–water partition coefficient (Wildman–Crippen LogP) is 11.1. The molecular weight excluding hydrogens is 1100 g/mol. The number of hydrogen-bond acceptors (Lipinski definition) is 22. The molecule has 0 atom stereocenters. The minimum absolute atomic E-state index is 0.00182. The molecule has 0 saturated carbocycles. The molecule has 0 aliphatic heterocycles. The lowest BCUT2D eigenvalue weighted by atomic mass is 10.0. The Hall–Kier alpha value is -8.29. The fourth-order valence-electron chi connectivity index (χ4n) is 6.99. The van der Waals surface area contributed by atoms with Gasteiger partial charge in [-0.1, -0.05) is 64.9 Å². The van der Waals surface area contributed by atoms with E-state index in [1.54, 1.807) is 73.7 Å². The minimum Gasteiger partial charge on any atom is -0.479 e. The molecule has 75 heavy (non-hydrogen) atoms. The summed E-state index contributed by atoms with van der Waals surface area (Å²) in [4.78, 5) is 15.3. The van der Waals surface area contributed by atoms with Crippen molar-refractivity contribution in [2.45, 2.75) is 16.7 Å². The van der Waals surface area contributed by atoms with Crippen LogP contribution in [0.25, 0.3) is 21.9 Å². The summed E-state index contributed by atoms with van der Waals surface area (Å²) in [5.41, 5.74) is 1.82. The Bertz CT molecular complexity index is 4080. The van der Waals surface area contributed by atoms with Crippen molar-refractivity contribution in [2.75, 3.05) is 33.6 Å². The van der Waals surface area contributed by atoms with Crippen molar-refractivity contribution in [3.8, 4) is 29.3 Å². The molecular formula is C45H32Cl2N14O10S4. The summed E-state index contributed by atoms with van der Waals surface area (Å²) in [6.07, 6.45) is 0. The van der Waals surface area contributed by atoms with Gasteiger partial charge in [-0.2, -0.15) is 50.7 Å². The maximum atomic E-state index is 12.3. The topological polar surface area (TPSA) is 380 Å². The van der Waals surface area contributed by atoms with Gasteiger partial charge in [0.15, 0.2) is 16.6 Å². The number of hydrogen-bond donors (Lipinski definition) is 8. The van der Waals surface area contributed by atoms with E-state index in [1.807, 2.05) is 0 Å². The summed E-state index contributed by atoms with van der Waals surface area (Å²) in [6, 6.07) is 28.9. The van der Waals surface area contributed by atoms with E-state index in [1.165, 1.54) is 30.3 Å². The summed E-state index contributed by atoms with van der Waals surface area (Å²) in [6.45, 7) is 1.26. The highest BCUT2D eigenvalue weighted by Crippen LogP contribution is 2.49. The van der Waals surface area contributed by atoms with Gasteiger partial charge in [0.05, 0.1) is 22.0 Å². The van der Waals surface area contributed by atoms with E-state index >= 15 is 0 Å². The quantitative estimate of drug-likeness (QED) is 0.0310. The zero-order chi connectivity index (χ0) is 53.8. The van der Waals surface area contributed by atoms with Crippen LogP contribution >= 0.6 is 34.5 Å². The van der Waals surface area contributed by atoms with Crippen LogP contribution < -0.4 is 21.3 Å². The molecule has 0 amide bonds. The van der Waals surface area contributed by atoms with E-state index in [4.69, 9.17) is 27.8 Å². The van der Waals surface area contributed by atoms with Gasteiger partial charge in [0.1, 0.15) is 38.2 Å². The molecule has 0 fully saturated rings. The number of azo groups is 2. The SMILES string of the molecule is Cc1c(C#N)c(Nc2ccc(Cl)c(S(=O)(=O)O)c2)nc(Nc2ccc(Cl)cc2)c1N=Nc1sc(N=Nc2ccc3cccc(S(=O)(=O)O)c3c2)c(-c2ccc(Nc3nc(O)nc(NCCS(=O)(=O)O)n3)cc2)c1C#N. The predicted molar refractivity (Wildman–Crippen MR) is 279 cm³/mol. The molecule has 8 aromatic rings. The Labute approximate surface area is 439 Å². The number of nitriles is 2. The van der Waals surface area contributed by atoms with Crippen molar-refractivity contribution in [1.29, 1.82) is 10.5 Å². The first-order chi connectivity index (χ1) is 35.6. The van der Waals surface area contributed by atoms with Crippen LogP contribution in [0.4, 0.5) is 62.0 Å². The number of nitrogens with zero attached hydrogens (tertiary/aromatic N) is 10. The number of anilines is 7. The lowest BCUT2D eigenvalue weighted by Crippen LogP contribution is -2.16. The molecule has 3 aromatic heterocycles. The number of benzene rings is 5. The average molecular weight is 1130 g/mol. The van der Waals surface area contributed by atoms with Crippen LogP contribution in [0.1, 0.15) is 16.7 Å². The Morgan fingerprint density at radius 3 is 1.97 bits per heavy atom. The van der Waals surface area contributed by atoms with Crippen LogP contribution in [0, 0.1) is 29.6 Å². The van der Waals surface area contributed by atoms with E-state index in [0.717, 1.165) is 17.4 Å². The Morgan fingerprint density at radius 2 is 1.29 bits per heavy atom. The second kappa shape index (κ2) is 21.7. The van der Waals surface area contributed by atoms with Gasteiger partial charge >= 0.3 is 6.01 Å². The van der Waals surface area contributed by atoms with E-state index in [2.05, 4.69) is 73.8 Å². The van der Waals surface area contributed by atoms with Gasteiger partial charge in [0.2, 0.25) is 11.9 Å². The molecule has 0 bridgehead atoms. The third-order valence-electron chi connectivity index (χ3n) is 10.4. The van der Waals surface area contributed by atoms with Crippen molar-refractivity contribution >= 4 is 138 Å². The molecule has 3 heterocycles. The van der Waals surface area contributed by atoms with Crippen molar-refractivity contribution in [2.24, 2.45) is 20.5 Å². The van der Waals surface area contributed by atoms with Crippen LogP contribution in [0.5, 0.6) is 6.01 Å². The van der Waals surface area contributed by atoms with Crippen LogP contribution in [0.2, 0.25) is 10.0 Å². The third kappa shape index (κ3) is 12.7. The molecule has 0 saturated heterocycles. The van der Waals surface area contributed by atoms with Gasteiger partial charge in [0.25, 0.3) is 30.4 Å². The molecule has 5 aromatic carbocycles. The monoisotopic (exact) mass is 1130 g/mol. The second-order valence-corrected chi connectivity index (χ2v) is 21.6. The van der Waals surface area contributed by atoms with Crippen molar-refractivity contribution < 1.29 is 44.0 Å². The van der Waals surface area contributed by atoms with Gasteiger partial charge in [-0.15, -0.1) is 20.5 Å². The zero-order valence-corrected chi connectivity index (χ0v) is 42.6. The smallest absolute Gasteiger partial charge is 0.320 e. The number of aromatic nitrogens is 4. The molecule has 380 valence electrons. The maximum absolute atomic E-state index is 12.3. The number of aromatic hydroxyl groups is 1. The Morgan fingerprint density at radius 1 is 0.653 bits per heavy atom. The van der Waals surface area contributed by atoms with Gasteiger partial charge in [-0.3, -0.25) is 13.7 Å². The zero-order valence-electron chi connectivity index (χ0n) is 37.8. The summed E-state index contributed by atoms with van der Waals surface area (Å²) >= 11 is 13.1. The van der Waals surface area contributed by atoms with Gasteiger partial charge in [0, 0.05) is 45.1 Å². The third-order valence-corrected chi connectivity index (χ3v) is 14.6. The van der Waals surface area contributed by atoms with Crippen LogP contribution in [-0.4, -0.2) is 76.3 Å². The molecule has 0 unspecified atom stereocenters. The largest absolute Gasteiger partial charge is 0.479 e. The minimum atomic E-state index is -4.75. The summed E-state index contributed by atoms with van der Waals surface area (Å²) in [5.74, 6) is -1.07. The normalized spacial score (nSPS) is 11.9. The molecule has 8 N–H and O–H groups in total. The van der Waals surface area contributed by atoms with Gasteiger partial charge in [-0.05, 0) is 90.7 Å². The number of pyridine rings is 1. The van der Waals surface area contributed by atoms with E-state index in [-0.39, 0.29) is 94.7 Å². The summed E-state index contributed by atoms with van der Waals surface area (Å²) in [7, 11) is -13.7. The van der Waals surface area contributed by atoms with Crippen molar-refractivity contribution in [1.82, 2.24) is 19.9 Å². The molecule has 0 aliphatic carbocycles. The molecule has 0 radical (unpaired) electrons. The highest BCUT2D eigenvalue weighted by molar-refractivity contribution is 7.86. The van der Waals surface area contributed by atoms with E-state index in [9.17, 15) is 50.0 Å². The van der Waals surface area contributed by atoms with E-state index < -0.39 is 47.0 Å². The molecule has 8 rings (SSSR count). The molecule has 0 spiro atoms. The fraction of sp³-hybridized carbons (Fsp3) is 0.0667. The highest BCUT2D eigenvalue weighted by atomic mass is 35.5. The maximum Gasteiger partial charge on any atom is 0.320 e. The first-order valence-corrected chi connectivity index (χ1v) is 27.1. The summed E-state index contributed by atoms with van der Waals surface area (Å²) < 4.78 is 99.8. The van der Waals surface area contributed by atoms with Crippen molar-refractivity contribution in [3.63, 3.8) is 0 Å². The van der Waals surface area contributed by atoms with Crippen LogP contribution in [0.15, 0.2) is 133 Å². The first kappa shape index (κ1) is 53.0. The molecule has 30 heteroatoms. The number of rotatable bonds is 17. The molecule has 24 nitrogen and oxygen atoms in total. The van der Waals surface area contributed by atoms with Crippen LogP contribution in [-0.2, 0) is 30.4 Å². The summed E-state index contributed by atoms with van der Waals surface area (Å²) in [5, 5.41) is 61.7. The second-order valence-electron chi connectivity index (χ2n) is 15.5. The average Bonchev–Trinajstić information content (AvgIpc) is 3.70. The van der Waals surface area contributed by atoms with Gasteiger partial charge in [-0.25, -0.2) is 4.98 Å². The number of halogens is 2. The fourth-order valence-corrected chi connectivity index (χ4v) is 10.1. The van der Waals surface area contributed by atoms with E-state index in [0.29, 0.717) is 27.3 Å². The first-order valence-electron chi connectivity index (χ1n) is 21.0. The lowest BCUT2D eigenvalue weighted by Gasteiger charge is -2.16. The molecule has 0 aliphatic rings. The number of nitrogens with one attached hydrogen (secondary N) is 4. The number of fused-ring (bicyclic) bond motifs is 1. The van der Waals surface area contributed by atoms with Gasteiger partial charge < -0.3 is 26.4 Å². The highest BCUT2D eigenvalue weighted by Gasteiger charge is 2.24. The Kier molecular flexibility index (Phi) is 15.3. The standard InChI is InChI=1S/C45H32Cl2N14O10S4/c1-23-32(21-48)39(52-29-15-16-34(47)36(20-29)75(69,70)71)54-40(51-27-13-8-26(46)9-14-27)38(23)59-60-41-33(22-49)37(42(72-41)61-58-30-12-5-24-3-2-4-35(31(24)19-30)74(66,67)68)25-6-10-28(11-7-25)53-44-55-43(56-45(62)57-44)50-17-18-73(63,64)65/h2-16,19-20H,17-18H2,1H3,(H2,51,52,54)(H,63,64,65)(H,66,67,68)(H,69,70,71)(H3,50,53,55,56,57,62). The lowest BCUT2D eigenvalue weighted by molar-refractivity contribution is 0.430. The Balaban J connectivity index is 1.22. The van der Waals surface area contributed by atoms with Crippen LogP contribution in [0.3, 0.4) is 0 Å².